The number of nitrogens with zero attached hydrogens (tertiary/aromatic N) is 1. The number of H-pyrrole nitrogens is 1. The molecule has 2 aromatic heterocycles. The van der Waals surface area contributed by atoms with Gasteiger partial charge in [-0.1, -0.05) is 46.4 Å². The van der Waals surface area contributed by atoms with Gasteiger partial charge in [0.15, 0.2) is 11.6 Å². The third kappa shape index (κ3) is 4.65. The molecule has 10 heteroatoms. The van der Waals surface area contributed by atoms with Crippen molar-refractivity contribution in [3.8, 4) is 0 Å². The lowest BCUT2D eigenvalue weighted by atomic mass is 10.1. The maximum atomic E-state index is 12.5. The molecule has 2 heterocycles. The number of aryl methyl sites for hydroxylation is 2. The van der Waals surface area contributed by atoms with E-state index in [0.29, 0.717) is 50.6 Å². The molecule has 0 bridgehead atoms. The van der Waals surface area contributed by atoms with Crippen LogP contribution in [0.15, 0.2) is 24.3 Å². The zero-order valence-electron chi connectivity index (χ0n) is 20.2. The van der Waals surface area contributed by atoms with E-state index in [4.69, 9.17) is 51.1 Å². The Balaban J connectivity index is 0.000000162. The number of rotatable bonds is 0. The fourth-order valence-electron chi connectivity index (χ4n) is 4.85. The Morgan fingerprint density at radius 3 is 2.05 bits per heavy atom. The lowest BCUT2D eigenvalue weighted by molar-refractivity contribution is 0.0536. The molecule has 0 fully saturated rings. The number of aromatic amines is 1. The minimum Gasteiger partial charge on any atom is -0.443 e. The Kier molecular flexibility index (Phi) is 6.60. The molecule has 37 heavy (non-hydrogen) atoms. The maximum absolute atomic E-state index is 12.5. The highest BCUT2D eigenvalue weighted by molar-refractivity contribution is 6.43. The predicted octanol–water partition coefficient (Wildman–Crippen LogP) is 8.46. The average molecular weight is 580 g/mol. The van der Waals surface area contributed by atoms with Gasteiger partial charge in [0.05, 0.1) is 37.0 Å². The van der Waals surface area contributed by atoms with Gasteiger partial charge >= 0.3 is 6.09 Å². The molecule has 0 spiro atoms. The predicted molar refractivity (Wildman–Crippen MR) is 147 cm³/mol. The molecule has 1 N–H and O–H groups in total. The Bertz CT molecular complexity index is 1640. The van der Waals surface area contributed by atoms with Crippen LogP contribution in [0.4, 0.5) is 4.79 Å². The largest absolute Gasteiger partial charge is 0.443 e. The van der Waals surface area contributed by atoms with Crippen molar-refractivity contribution in [3.05, 3.63) is 66.9 Å². The van der Waals surface area contributed by atoms with Gasteiger partial charge in [0.2, 0.25) is 0 Å². The van der Waals surface area contributed by atoms with Gasteiger partial charge in [0, 0.05) is 29.1 Å². The Morgan fingerprint density at radius 2 is 1.38 bits per heavy atom. The summed E-state index contributed by atoms with van der Waals surface area (Å²) in [7, 11) is 0. The first kappa shape index (κ1) is 26.1. The van der Waals surface area contributed by atoms with Crippen LogP contribution in [-0.4, -0.2) is 32.8 Å². The molecular formula is C27H22Cl4N2O4. The smallest absolute Gasteiger partial charge is 0.419 e. The van der Waals surface area contributed by atoms with Crippen molar-refractivity contribution in [2.24, 2.45) is 0 Å². The average Bonchev–Trinajstić information content (AvgIpc) is 3.52. The molecule has 0 saturated carbocycles. The first-order chi connectivity index (χ1) is 17.4. The molecule has 4 aromatic rings. The number of aromatic nitrogens is 2. The van der Waals surface area contributed by atoms with Gasteiger partial charge in [-0.25, -0.2) is 9.36 Å². The van der Waals surface area contributed by atoms with E-state index in [2.05, 4.69) is 4.98 Å². The van der Waals surface area contributed by atoms with Gasteiger partial charge in [-0.3, -0.25) is 9.59 Å². The van der Waals surface area contributed by atoms with E-state index in [1.165, 1.54) is 4.57 Å². The standard InChI is InChI=1S/C16H15Cl2NO3.C11H7Cl2NO/c1-16(2,3)22-15(21)19-12-7-11(18)10(17)6-9(12)8-4-5-13(20)14(8)19;12-7-3-6-5-1-2-10(15)11(5)14-9(6)4-8(7)13/h6-7H,4-5H2,1-3H3;3-4,14H,1-2H2. The Morgan fingerprint density at radius 1 is 0.811 bits per heavy atom. The van der Waals surface area contributed by atoms with Crippen molar-refractivity contribution in [1.82, 2.24) is 9.55 Å². The van der Waals surface area contributed by atoms with Crippen molar-refractivity contribution in [2.45, 2.75) is 52.1 Å². The molecule has 6 rings (SSSR count). The fourth-order valence-corrected chi connectivity index (χ4v) is 5.50. The highest BCUT2D eigenvalue weighted by Crippen LogP contribution is 2.38. The number of fused-ring (bicyclic) bond motifs is 6. The molecule has 0 unspecified atom stereocenters. The highest BCUT2D eigenvalue weighted by Gasteiger charge is 2.33. The van der Waals surface area contributed by atoms with Crippen LogP contribution in [0.5, 0.6) is 0 Å². The zero-order valence-corrected chi connectivity index (χ0v) is 23.3. The summed E-state index contributed by atoms with van der Waals surface area (Å²) in [4.78, 5) is 39.4. The summed E-state index contributed by atoms with van der Waals surface area (Å²) in [5, 5.41) is 3.58. The number of ketones is 2. The Hall–Kier alpha value is -2.51. The molecule has 0 atom stereocenters. The molecular weight excluding hydrogens is 558 g/mol. The number of ether oxygens (including phenoxy) is 1. The lowest BCUT2D eigenvalue weighted by Crippen LogP contribution is -2.28. The van der Waals surface area contributed by atoms with E-state index in [0.717, 1.165) is 39.5 Å². The van der Waals surface area contributed by atoms with Crippen LogP contribution in [0.2, 0.25) is 20.1 Å². The summed E-state index contributed by atoms with van der Waals surface area (Å²) in [6.45, 7) is 5.34. The van der Waals surface area contributed by atoms with E-state index in [-0.39, 0.29) is 11.6 Å². The molecule has 0 radical (unpaired) electrons. The van der Waals surface area contributed by atoms with E-state index in [1.807, 2.05) is 6.07 Å². The van der Waals surface area contributed by atoms with Crippen LogP contribution in [0.1, 0.15) is 65.7 Å². The summed E-state index contributed by atoms with van der Waals surface area (Å²) in [6, 6.07) is 6.91. The van der Waals surface area contributed by atoms with Crippen LogP contribution >= 0.6 is 46.4 Å². The second kappa shape index (κ2) is 9.35. The minimum absolute atomic E-state index is 0.0655. The summed E-state index contributed by atoms with van der Waals surface area (Å²) in [5.74, 6) is 0.109. The summed E-state index contributed by atoms with van der Waals surface area (Å²) in [5.41, 5.74) is 3.83. The number of hydrogen-bond acceptors (Lipinski definition) is 4. The van der Waals surface area contributed by atoms with Crippen LogP contribution in [0, 0.1) is 0 Å². The minimum atomic E-state index is -0.654. The first-order valence-corrected chi connectivity index (χ1v) is 13.2. The summed E-state index contributed by atoms with van der Waals surface area (Å²) in [6.07, 6.45) is 1.80. The third-order valence-electron chi connectivity index (χ3n) is 6.38. The van der Waals surface area contributed by atoms with E-state index in [1.54, 1.807) is 39.0 Å². The molecule has 0 aliphatic heterocycles. The van der Waals surface area contributed by atoms with Gasteiger partial charge < -0.3 is 9.72 Å². The Labute approximate surface area is 232 Å². The summed E-state index contributed by atoms with van der Waals surface area (Å²) < 4.78 is 6.76. The number of halogens is 4. The van der Waals surface area contributed by atoms with Gasteiger partial charge in [0.25, 0.3) is 0 Å². The van der Waals surface area contributed by atoms with Crippen molar-refractivity contribution in [3.63, 3.8) is 0 Å². The second-order valence-corrected chi connectivity index (χ2v) is 11.7. The van der Waals surface area contributed by atoms with Crippen molar-refractivity contribution in [2.75, 3.05) is 0 Å². The molecule has 0 amide bonds. The lowest BCUT2D eigenvalue weighted by Gasteiger charge is -2.20. The maximum Gasteiger partial charge on any atom is 0.419 e. The first-order valence-electron chi connectivity index (χ1n) is 11.7. The zero-order chi connectivity index (χ0) is 26.8. The van der Waals surface area contributed by atoms with Crippen LogP contribution in [-0.2, 0) is 17.6 Å². The fraction of sp³-hybridized carbons (Fsp3) is 0.296. The van der Waals surface area contributed by atoms with Crippen molar-refractivity contribution >= 4 is 85.9 Å². The molecule has 2 aromatic carbocycles. The van der Waals surface area contributed by atoms with Crippen LogP contribution < -0.4 is 0 Å². The quantitative estimate of drug-likeness (QED) is 0.226. The van der Waals surface area contributed by atoms with Gasteiger partial charge in [-0.05, 0) is 69.0 Å². The van der Waals surface area contributed by atoms with E-state index >= 15 is 0 Å². The van der Waals surface area contributed by atoms with Crippen molar-refractivity contribution in [1.29, 1.82) is 0 Å². The van der Waals surface area contributed by atoms with E-state index in [9.17, 15) is 14.4 Å². The summed E-state index contributed by atoms with van der Waals surface area (Å²) >= 11 is 24.0. The third-order valence-corrected chi connectivity index (χ3v) is 7.83. The molecule has 0 saturated heterocycles. The van der Waals surface area contributed by atoms with Crippen LogP contribution in [0.25, 0.3) is 21.8 Å². The van der Waals surface area contributed by atoms with E-state index < -0.39 is 11.7 Å². The van der Waals surface area contributed by atoms with Gasteiger partial charge in [-0.15, -0.1) is 0 Å². The highest BCUT2D eigenvalue weighted by atomic mass is 35.5. The van der Waals surface area contributed by atoms with Gasteiger partial charge in [-0.2, -0.15) is 0 Å². The molecule has 6 nitrogen and oxygen atoms in total. The number of hydrogen-bond donors (Lipinski definition) is 1. The van der Waals surface area contributed by atoms with Crippen molar-refractivity contribution < 1.29 is 19.1 Å². The molecule has 192 valence electrons. The number of nitrogens with one attached hydrogen (secondary N) is 1. The van der Waals surface area contributed by atoms with Gasteiger partial charge in [0.1, 0.15) is 5.60 Å². The number of carbonyl (C=O) groups is 3. The number of benzene rings is 2. The van der Waals surface area contributed by atoms with Crippen LogP contribution in [0.3, 0.4) is 0 Å². The molecule has 2 aliphatic carbocycles. The second-order valence-electron chi connectivity index (χ2n) is 10.1. The number of Topliss-reactive ketones (excluding diaryl/α,β-unsaturated/α-hetero) is 2. The monoisotopic (exact) mass is 578 g/mol. The topological polar surface area (TPSA) is 81.2 Å². The molecule has 2 aliphatic rings. The SMILES string of the molecule is CC(C)(C)OC(=O)n1c2c(c3cc(Cl)c(Cl)cc31)CCC2=O.O=C1CCc2c1[nH]c1cc(Cl)c(Cl)cc21. The number of carbonyl (C=O) groups excluding carboxylic acids is 3. The normalized spacial score (nSPS) is 14.7.